The number of aryl methyl sites for hydroxylation is 1. The molecule has 1 fully saturated rings. The molecule has 2 heterocycles. The Labute approximate surface area is 124 Å². The van der Waals surface area contributed by atoms with Crippen molar-refractivity contribution < 1.29 is 9.53 Å². The maximum Gasteiger partial charge on any atom is 0.248 e. The number of carbonyl (C=O) groups is 1. The number of hydrogen-bond donors (Lipinski definition) is 0. The Hall–Kier alpha value is -0.980. The minimum absolute atomic E-state index is 0.0999. The number of aromatic nitrogens is 1. The zero-order valence-corrected chi connectivity index (χ0v) is 13.3. The van der Waals surface area contributed by atoms with Gasteiger partial charge in [0.15, 0.2) is 0 Å². The molecular formula is C14H23N3O2S. The highest BCUT2D eigenvalue weighted by Crippen LogP contribution is 2.12. The van der Waals surface area contributed by atoms with Gasteiger partial charge in [-0.3, -0.25) is 9.69 Å². The smallest absolute Gasteiger partial charge is 0.248 e. The average molecular weight is 297 g/mol. The Morgan fingerprint density at radius 1 is 1.40 bits per heavy atom. The first-order valence-electron chi connectivity index (χ1n) is 7.07. The fourth-order valence-corrected chi connectivity index (χ4v) is 2.80. The molecule has 0 atom stereocenters. The van der Waals surface area contributed by atoms with E-state index < -0.39 is 0 Å². The molecule has 0 unspecified atom stereocenters. The van der Waals surface area contributed by atoms with Crippen LogP contribution in [0.5, 0.6) is 0 Å². The first-order chi connectivity index (χ1) is 9.54. The highest BCUT2D eigenvalue weighted by Gasteiger charge is 2.21. The maximum atomic E-state index is 11.9. The van der Waals surface area contributed by atoms with Gasteiger partial charge in [0.2, 0.25) is 5.91 Å². The number of piperazine rings is 1. The maximum absolute atomic E-state index is 11.9. The Kier molecular flexibility index (Phi) is 5.51. The quantitative estimate of drug-likeness (QED) is 0.827. The zero-order valence-electron chi connectivity index (χ0n) is 12.5. The molecular weight excluding hydrogens is 274 g/mol. The summed E-state index contributed by atoms with van der Waals surface area (Å²) < 4.78 is 5.37. The van der Waals surface area contributed by atoms with Gasteiger partial charge in [-0.05, 0) is 20.8 Å². The van der Waals surface area contributed by atoms with Crippen LogP contribution < -0.4 is 0 Å². The number of amides is 1. The van der Waals surface area contributed by atoms with E-state index in [2.05, 4.69) is 15.3 Å². The summed E-state index contributed by atoms with van der Waals surface area (Å²) in [6.07, 6.45) is 0.105. The topological polar surface area (TPSA) is 45.7 Å². The van der Waals surface area contributed by atoms with Crippen molar-refractivity contribution in [2.24, 2.45) is 0 Å². The van der Waals surface area contributed by atoms with Crippen LogP contribution >= 0.6 is 11.3 Å². The number of rotatable bonds is 5. The van der Waals surface area contributed by atoms with Crippen LogP contribution in [0.4, 0.5) is 0 Å². The molecule has 0 aliphatic carbocycles. The van der Waals surface area contributed by atoms with Crippen LogP contribution in [0.15, 0.2) is 5.38 Å². The van der Waals surface area contributed by atoms with E-state index in [1.54, 1.807) is 11.3 Å². The van der Waals surface area contributed by atoms with E-state index in [4.69, 9.17) is 4.74 Å². The number of hydrogen-bond acceptors (Lipinski definition) is 5. The van der Waals surface area contributed by atoms with E-state index in [-0.39, 0.29) is 18.6 Å². The van der Waals surface area contributed by atoms with Crippen LogP contribution in [-0.4, -0.2) is 59.6 Å². The van der Waals surface area contributed by atoms with Crippen molar-refractivity contribution in [3.63, 3.8) is 0 Å². The molecule has 1 amide bonds. The molecule has 1 aliphatic rings. The van der Waals surface area contributed by atoms with Crippen LogP contribution in [0, 0.1) is 6.92 Å². The second-order valence-electron chi connectivity index (χ2n) is 5.37. The van der Waals surface area contributed by atoms with E-state index in [0.717, 1.165) is 43.4 Å². The summed E-state index contributed by atoms with van der Waals surface area (Å²) in [6.45, 7) is 10.4. The normalized spacial score (nSPS) is 16.9. The van der Waals surface area contributed by atoms with Gasteiger partial charge in [0.25, 0.3) is 0 Å². The average Bonchev–Trinajstić information content (AvgIpc) is 2.82. The van der Waals surface area contributed by atoms with E-state index in [0.29, 0.717) is 0 Å². The first-order valence-corrected chi connectivity index (χ1v) is 7.95. The third kappa shape index (κ3) is 4.54. The number of ether oxygens (including phenoxy) is 1. The Morgan fingerprint density at radius 2 is 2.10 bits per heavy atom. The van der Waals surface area contributed by atoms with Gasteiger partial charge in [0, 0.05) is 38.1 Å². The standard InChI is InChI=1S/C14H23N3O2S/c1-11(2)19-9-14(18)17-6-4-16(5-7-17)8-13-10-20-12(3)15-13/h10-11H,4-9H2,1-3H3. The summed E-state index contributed by atoms with van der Waals surface area (Å²) in [5.41, 5.74) is 1.13. The van der Waals surface area contributed by atoms with Crippen molar-refractivity contribution in [1.29, 1.82) is 0 Å². The lowest BCUT2D eigenvalue weighted by atomic mass is 10.3. The first kappa shape index (κ1) is 15.4. The second kappa shape index (κ2) is 7.15. The van der Waals surface area contributed by atoms with Crippen LogP contribution in [-0.2, 0) is 16.1 Å². The van der Waals surface area contributed by atoms with Gasteiger partial charge >= 0.3 is 0 Å². The lowest BCUT2D eigenvalue weighted by Gasteiger charge is -2.34. The van der Waals surface area contributed by atoms with E-state index >= 15 is 0 Å². The van der Waals surface area contributed by atoms with Crippen LogP contribution in [0.25, 0.3) is 0 Å². The molecule has 0 saturated carbocycles. The predicted octanol–water partition coefficient (Wildman–Crippen LogP) is 1.52. The molecule has 1 saturated heterocycles. The van der Waals surface area contributed by atoms with Crippen LogP contribution in [0.2, 0.25) is 0 Å². The molecule has 1 aliphatic heterocycles. The van der Waals surface area contributed by atoms with Gasteiger partial charge in [-0.2, -0.15) is 0 Å². The summed E-state index contributed by atoms with van der Waals surface area (Å²) in [7, 11) is 0. The highest BCUT2D eigenvalue weighted by atomic mass is 32.1. The van der Waals surface area contributed by atoms with Gasteiger partial charge in [-0.15, -0.1) is 11.3 Å². The van der Waals surface area contributed by atoms with Crippen LogP contribution in [0.1, 0.15) is 24.5 Å². The third-order valence-corrected chi connectivity index (χ3v) is 4.14. The molecule has 1 aromatic heterocycles. The van der Waals surface area contributed by atoms with Crippen LogP contribution in [0.3, 0.4) is 0 Å². The summed E-state index contributed by atoms with van der Waals surface area (Å²) in [5, 5.41) is 3.23. The Balaban J connectivity index is 1.73. The lowest BCUT2D eigenvalue weighted by molar-refractivity contribution is -0.139. The summed E-state index contributed by atoms with van der Waals surface area (Å²) >= 11 is 1.69. The van der Waals surface area contributed by atoms with Gasteiger partial charge in [0.05, 0.1) is 16.8 Å². The number of nitrogens with zero attached hydrogens (tertiary/aromatic N) is 3. The molecule has 2 rings (SSSR count). The van der Waals surface area contributed by atoms with Crippen molar-refractivity contribution in [3.8, 4) is 0 Å². The van der Waals surface area contributed by atoms with Crippen molar-refractivity contribution in [2.75, 3.05) is 32.8 Å². The monoisotopic (exact) mass is 297 g/mol. The largest absolute Gasteiger partial charge is 0.369 e. The number of carbonyl (C=O) groups excluding carboxylic acids is 1. The summed E-state index contributed by atoms with van der Waals surface area (Å²) in [6, 6.07) is 0. The Morgan fingerprint density at radius 3 is 2.65 bits per heavy atom. The molecule has 5 nitrogen and oxygen atoms in total. The molecule has 0 N–H and O–H groups in total. The molecule has 112 valence electrons. The predicted molar refractivity (Wildman–Crippen MR) is 79.8 cm³/mol. The molecule has 6 heteroatoms. The third-order valence-electron chi connectivity index (χ3n) is 3.32. The van der Waals surface area contributed by atoms with Gasteiger partial charge in [-0.1, -0.05) is 0 Å². The fraction of sp³-hybridized carbons (Fsp3) is 0.714. The minimum atomic E-state index is 0.0999. The molecule has 20 heavy (non-hydrogen) atoms. The minimum Gasteiger partial charge on any atom is -0.369 e. The molecule has 0 spiro atoms. The lowest BCUT2D eigenvalue weighted by Crippen LogP contribution is -2.49. The van der Waals surface area contributed by atoms with Gasteiger partial charge < -0.3 is 9.64 Å². The van der Waals surface area contributed by atoms with E-state index in [1.807, 2.05) is 25.7 Å². The summed E-state index contributed by atoms with van der Waals surface area (Å²) in [4.78, 5) is 20.7. The SMILES string of the molecule is Cc1nc(CN2CCN(C(=O)COC(C)C)CC2)cs1. The van der Waals surface area contributed by atoms with E-state index in [9.17, 15) is 4.79 Å². The fourth-order valence-electron chi connectivity index (χ4n) is 2.19. The van der Waals surface area contributed by atoms with Crippen molar-refractivity contribution in [2.45, 2.75) is 33.4 Å². The highest BCUT2D eigenvalue weighted by molar-refractivity contribution is 7.09. The molecule has 0 aromatic carbocycles. The summed E-state index contributed by atoms with van der Waals surface area (Å²) in [5.74, 6) is 0.0999. The second-order valence-corrected chi connectivity index (χ2v) is 6.44. The van der Waals surface area contributed by atoms with Gasteiger partial charge in [0.1, 0.15) is 6.61 Å². The van der Waals surface area contributed by atoms with Crippen molar-refractivity contribution in [3.05, 3.63) is 16.1 Å². The van der Waals surface area contributed by atoms with Gasteiger partial charge in [-0.25, -0.2) is 4.98 Å². The van der Waals surface area contributed by atoms with Crippen molar-refractivity contribution in [1.82, 2.24) is 14.8 Å². The zero-order chi connectivity index (χ0) is 14.5. The molecule has 0 bridgehead atoms. The Bertz CT molecular complexity index is 439. The molecule has 1 aromatic rings. The molecule has 0 radical (unpaired) electrons. The van der Waals surface area contributed by atoms with Crippen molar-refractivity contribution >= 4 is 17.2 Å². The van der Waals surface area contributed by atoms with E-state index in [1.165, 1.54) is 0 Å². The number of thiazole rings is 1.